The van der Waals surface area contributed by atoms with Gasteiger partial charge in [-0.1, -0.05) is 42.7 Å². The lowest BCUT2D eigenvalue weighted by atomic mass is 9.89. The number of unbranched alkanes of at least 4 members (excludes halogenated alkanes) is 6. The maximum Gasteiger partial charge on any atom is 0.336 e. The van der Waals surface area contributed by atoms with Gasteiger partial charge in [0, 0.05) is 91.3 Å². The fourth-order valence-corrected chi connectivity index (χ4v) is 18.5. The largest absolute Gasteiger partial charge is 0.508 e. The molecule has 8 rings (SSSR count). The number of phenolic OH excluding ortho intramolecular Hbond substituents is 1. The summed E-state index contributed by atoms with van der Waals surface area (Å²) in [5.41, 5.74) is 21.2. The number of carboxylic acids is 1. The second kappa shape index (κ2) is 57.0. The van der Waals surface area contributed by atoms with Crippen molar-refractivity contribution in [1.82, 2.24) is 105 Å². The normalized spacial score (nSPS) is 15.1. The van der Waals surface area contributed by atoms with Gasteiger partial charge in [0.1, 0.15) is 48.6 Å². The number of primary amides is 1. The Hall–Kier alpha value is -14.9. The smallest absolute Gasteiger partial charge is 0.336 e. The molecule has 0 radical (unpaired) electrons. The van der Waals surface area contributed by atoms with Gasteiger partial charge in [0.05, 0.1) is 86.4 Å². The average molecular weight is 2110 g/mol. The van der Waals surface area contributed by atoms with E-state index in [1.54, 1.807) is 18.0 Å². The number of urea groups is 1. The van der Waals surface area contributed by atoms with Crippen molar-refractivity contribution in [2.75, 3.05) is 90.2 Å². The van der Waals surface area contributed by atoms with Crippen molar-refractivity contribution in [3.8, 4) is 28.2 Å². The first-order valence-corrected chi connectivity index (χ1v) is 50.0. The van der Waals surface area contributed by atoms with Crippen LogP contribution >= 0.6 is 11.8 Å². The van der Waals surface area contributed by atoms with Crippen LogP contribution in [0, 0.1) is 10.8 Å². The number of phenols is 1. The number of carboxylic acid groups (broad SMARTS) is 1. The second-order valence-corrected chi connectivity index (χ2v) is 37.9. The van der Waals surface area contributed by atoms with Crippen LogP contribution in [0.15, 0.2) is 87.1 Å². The number of hydrogen-bond acceptors (Lipinski definition) is 34. The van der Waals surface area contributed by atoms with E-state index >= 15 is 0 Å². The minimum atomic E-state index is -5.29. The number of guanidine groups is 1. The Labute approximate surface area is 838 Å². The number of amides is 17. The van der Waals surface area contributed by atoms with Crippen molar-refractivity contribution in [1.29, 1.82) is 10.8 Å². The summed E-state index contributed by atoms with van der Waals surface area (Å²) in [5, 5.41) is 106. The number of carbonyl (C=O) groups excluding carboxylic acids is 16. The molecule has 0 saturated carbocycles. The summed E-state index contributed by atoms with van der Waals surface area (Å²) in [6.07, 6.45) is 6.64. The molecule has 1 aliphatic carbocycles. The number of anilines is 1. The number of aryl methyl sites for hydroxylation is 1. The summed E-state index contributed by atoms with van der Waals surface area (Å²) in [6.45, 7) is -5.85. The third-order valence-electron chi connectivity index (χ3n) is 22.8. The zero-order chi connectivity index (χ0) is 107. The van der Waals surface area contributed by atoms with Crippen molar-refractivity contribution in [2.45, 2.75) is 192 Å². The second-order valence-electron chi connectivity index (χ2n) is 33.9. The molecule has 3 aromatic carbocycles. The monoisotopic (exact) mass is 2100 g/mol. The molecule has 146 heavy (non-hydrogen) atoms. The Kier molecular flexibility index (Phi) is 45.4. The van der Waals surface area contributed by atoms with Crippen LogP contribution in [0.5, 0.6) is 5.75 Å². The van der Waals surface area contributed by atoms with Crippen molar-refractivity contribution < 1.29 is 137 Å². The minimum Gasteiger partial charge on any atom is -0.508 e. The number of aromatic carboxylic acids is 1. The summed E-state index contributed by atoms with van der Waals surface area (Å²) in [5.74, 6) is -10.6. The van der Waals surface area contributed by atoms with Gasteiger partial charge < -0.3 is 138 Å². The lowest BCUT2D eigenvalue weighted by molar-refractivity contribution is -0.133. The van der Waals surface area contributed by atoms with E-state index in [1.807, 2.05) is 0 Å². The predicted octanol–water partition coefficient (Wildman–Crippen LogP) is -7.73. The number of aliphatic hydroxyl groups is 2. The summed E-state index contributed by atoms with van der Waals surface area (Å²) >= 11 is 1.76. The van der Waals surface area contributed by atoms with E-state index in [-0.39, 0.29) is 153 Å². The number of rotatable bonds is 62. The SMILES string of the molecule is N=C(N)NCCC[C@@H](NC(=O)CNC(=O)[C@@H](Cc1ccc(O)cc1)NC(=O)CNC(=O)[C@@H](CO)NC(=O)CNC(=O)[C@@H](CCCCNC(=O)CCCC[C@@H]1SC[C@@H]2NC(=O)N[C@@H]21)NC(=O)[C@H](N)Cc1cn(CCCCCCNC(=O)c2ccc(-c3c4ccc(=N)c(S(=O)(=O)O)c-4oc4c(S(=O)(=O)O)c(N)ccc34)c(C(=O)O)c2)nn1)C(=O)NCC(=O)N[C@H](CO)C(=O)NCC(=O)N[C@H](CCCCNC(=O)CON)C(N)=O. The Morgan fingerprint density at radius 1 is 0.555 bits per heavy atom. The molecule has 0 bridgehead atoms. The highest BCUT2D eigenvalue weighted by atomic mass is 32.2. The topological polar surface area (TPSA) is 915 Å². The molecule has 2 fully saturated rings. The number of fused-ring (bicyclic) bond motifs is 3. The molecule has 4 aliphatic rings. The Morgan fingerprint density at radius 3 is 1.64 bits per heavy atom. The molecule has 10 atom stereocenters. The van der Waals surface area contributed by atoms with Crippen LogP contribution in [0.3, 0.4) is 0 Å². The highest BCUT2D eigenvalue weighted by Gasteiger charge is 2.43. The van der Waals surface area contributed by atoms with Crippen LogP contribution in [-0.4, -0.2) is 312 Å². The molecule has 4 aromatic rings. The quantitative estimate of drug-likeness (QED) is 0.00246. The van der Waals surface area contributed by atoms with Crippen LogP contribution in [0.25, 0.3) is 33.4 Å². The zero-order valence-electron chi connectivity index (χ0n) is 78.9. The van der Waals surface area contributed by atoms with Crippen LogP contribution in [0.1, 0.15) is 135 Å². The zero-order valence-corrected chi connectivity index (χ0v) is 81.3. The van der Waals surface area contributed by atoms with Gasteiger partial charge in [0.25, 0.3) is 26.1 Å². The molecule has 0 unspecified atom stereocenters. The Morgan fingerprint density at radius 2 is 1.07 bits per heavy atom. The number of thioether (sulfide) groups is 1. The first kappa shape index (κ1) is 116. The fourth-order valence-electron chi connectivity index (χ4n) is 15.5. The average Bonchev–Trinajstić information content (AvgIpc) is 1.04. The number of hydrogen-bond donors (Lipinski definition) is 30. The summed E-state index contributed by atoms with van der Waals surface area (Å²) in [7, 11) is -10.5. The van der Waals surface area contributed by atoms with Gasteiger partial charge in [0.2, 0.25) is 82.7 Å². The number of nitrogens with one attached hydrogen (secondary N) is 19. The van der Waals surface area contributed by atoms with Gasteiger partial charge in [-0.2, -0.15) is 28.6 Å². The molecule has 0 spiro atoms. The summed E-state index contributed by atoms with van der Waals surface area (Å²) < 4.78 is 78.2. The predicted molar refractivity (Wildman–Crippen MR) is 516 cm³/mol. The van der Waals surface area contributed by atoms with Crippen LogP contribution < -0.4 is 125 Å². The first-order chi connectivity index (χ1) is 69.4. The van der Waals surface area contributed by atoms with E-state index < -0.39 is 241 Å². The molecule has 56 nitrogen and oxygen atoms in total. The highest BCUT2D eigenvalue weighted by Crippen LogP contribution is 2.46. The van der Waals surface area contributed by atoms with Crippen molar-refractivity contribution in [3.05, 3.63) is 101 Å². The van der Waals surface area contributed by atoms with E-state index in [0.29, 0.717) is 63.5 Å². The Bertz CT molecular complexity index is 6000. The van der Waals surface area contributed by atoms with Gasteiger partial charge in [0.15, 0.2) is 27.1 Å². The maximum atomic E-state index is 14.0. The highest BCUT2D eigenvalue weighted by molar-refractivity contribution is 8.00. The minimum absolute atomic E-state index is 0.00786. The molecule has 2 saturated heterocycles. The van der Waals surface area contributed by atoms with Gasteiger partial charge in [-0.25, -0.2) is 15.5 Å². The van der Waals surface area contributed by atoms with Gasteiger partial charge in [-0.3, -0.25) is 101 Å². The first-order valence-electron chi connectivity index (χ1n) is 46.0. The van der Waals surface area contributed by atoms with Gasteiger partial charge >= 0.3 is 12.0 Å². The summed E-state index contributed by atoms with van der Waals surface area (Å²) in [6, 6.07) is 2.73. The lowest BCUT2D eigenvalue weighted by Crippen LogP contribution is -2.56. The number of aliphatic hydroxyl groups excluding tert-OH is 2. The molecule has 796 valence electrons. The van der Waals surface area contributed by atoms with Gasteiger partial charge in [-0.05, 0) is 137 Å². The number of nitrogen functional groups attached to an aromatic ring is 1. The third-order valence-corrected chi connectivity index (χ3v) is 26.2. The van der Waals surface area contributed by atoms with E-state index in [0.717, 1.165) is 36.8 Å². The summed E-state index contributed by atoms with van der Waals surface area (Å²) in [4.78, 5) is 225. The molecule has 59 heteroatoms. The van der Waals surface area contributed by atoms with Crippen LogP contribution in [0.4, 0.5) is 10.5 Å². The molecular formula is C87H121N27O29S3. The van der Waals surface area contributed by atoms with Crippen LogP contribution in [-0.2, 0) is 112 Å². The standard InChI is InChI=1S/C87H121N27O29S3/c88-53-25-23-50-71(51-24-26-54(89)76(146(139,140)141)74(51)143-73(50)75(53)145(136,137)138)49-22-19-46(33-52(49)85(133)134)78(126)97-29-7-1-2-10-31-114-40-47(112-113-114)34-55(90)79(127)109-58(13-6-9-27-95-64(118)16-4-3-15-63-72-62(44-144-63)110-87(135)111-72)81(129)100-39-69(123)108-61(42-116)84(132)103-37-67(121)106-59(32-45-17-20-48(117)21-18-45)82(130)101-36-66(120)105-57(14-11-30-98-86(92)93)80(128)99-38-68(122)107-60(41-115)83(131)102-35-65(119)104-56(77(91)125)12-5-8-28-96-70(124)43-142-94/h17-26,33,40,55-63,72,88,115-117H,1-16,27-32,34-39,41-44,89-90,94H2,(H2,91,125)(H,95,118)(H,96,124)(H,97,126)(H,99,128)(H,100,129)(H,101,130)(H,102,131)(H,103,132)(H,104,119)(H,105,120)(H,106,121)(H,107,122)(H,108,123)(H,109,127)(H,133,134)(H4,92,93,98)(H2,110,111,135)(H,136,137,138)(H,139,140,141)/t55-,56-,57-,58-,59-,60-,61-,62+,63+,72+/m1/s1. The molecule has 1 aromatic heterocycles. The molecular weight excluding hydrogens is 1980 g/mol. The fraction of sp³-hybridized carbons (Fsp3) is 0.483. The maximum absolute atomic E-state index is 14.0. The van der Waals surface area contributed by atoms with E-state index in [4.69, 9.17) is 44.1 Å². The molecule has 17 amide bonds. The molecule has 3 aliphatic heterocycles. The molecule has 4 heterocycles. The number of aromatic hydroxyl groups is 1. The van der Waals surface area contributed by atoms with Crippen molar-refractivity contribution >= 4 is 155 Å². The Balaban J connectivity index is 0.806. The number of carbonyl (C=O) groups is 17. The van der Waals surface area contributed by atoms with E-state index in [2.05, 4.69) is 106 Å². The van der Waals surface area contributed by atoms with Gasteiger partial charge in [-0.15, -0.1) is 5.10 Å². The lowest BCUT2D eigenvalue weighted by Gasteiger charge is -2.22. The number of nitrogens with zero attached hydrogens (tertiary/aromatic N) is 3. The number of aromatic nitrogens is 3. The number of nitrogens with two attached hydrogens (primary N) is 5. The van der Waals surface area contributed by atoms with Crippen molar-refractivity contribution in [2.24, 2.45) is 23.1 Å². The van der Waals surface area contributed by atoms with Crippen molar-refractivity contribution in [3.63, 3.8) is 0 Å². The van der Waals surface area contributed by atoms with Crippen LogP contribution in [0.2, 0.25) is 0 Å². The molecule has 35 N–H and O–H groups in total. The number of benzene rings is 4. The third kappa shape index (κ3) is 36.8. The van der Waals surface area contributed by atoms with E-state index in [9.17, 15) is 128 Å². The van der Waals surface area contributed by atoms with E-state index in [1.165, 1.54) is 53.2 Å².